The van der Waals surface area contributed by atoms with E-state index in [9.17, 15) is 4.79 Å². The van der Waals surface area contributed by atoms with Gasteiger partial charge in [0.05, 0.1) is 12.2 Å². The van der Waals surface area contributed by atoms with Crippen molar-refractivity contribution in [1.29, 1.82) is 0 Å². The fourth-order valence-corrected chi connectivity index (χ4v) is 3.06. The Bertz CT molecular complexity index is 854. The lowest BCUT2D eigenvalue weighted by atomic mass is 10.1. The van der Waals surface area contributed by atoms with E-state index in [1.54, 1.807) is 12.3 Å². The van der Waals surface area contributed by atoms with Crippen LogP contribution < -0.4 is 10.6 Å². The Morgan fingerprint density at radius 2 is 2.00 bits per heavy atom. The first kappa shape index (κ1) is 18.7. The van der Waals surface area contributed by atoms with Crippen LogP contribution in [0.25, 0.3) is 0 Å². The fraction of sp³-hybridized carbons (Fsp3) is 0.350. The van der Waals surface area contributed by atoms with E-state index in [1.165, 1.54) is 0 Å². The minimum Gasteiger partial charge on any atom is -0.338 e. The molecule has 0 aliphatic heterocycles. The highest BCUT2D eigenvalue weighted by atomic mass is 16.2. The van der Waals surface area contributed by atoms with Crippen molar-refractivity contribution in [2.75, 3.05) is 11.9 Å². The van der Waals surface area contributed by atoms with E-state index in [2.05, 4.69) is 51.3 Å². The van der Waals surface area contributed by atoms with Crippen LogP contribution in [0, 0.1) is 0 Å². The summed E-state index contributed by atoms with van der Waals surface area (Å²) in [5.74, 6) is 1.74. The van der Waals surface area contributed by atoms with Gasteiger partial charge in [0.2, 0.25) is 0 Å². The molecule has 2 amide bonds. The second-order valence-electron chi connectivity index (χ2n) is 6.37. The van der Waals surface area contributed by atoms with E-state index in [0.29, 0.717) is 12.4 Å². The maximum Gasteiger partial charge on any atom is 0.320 e. The highest BCUT2D eigenvalue weighted by molar-refractivity contribution is 5.88. The van der Waals surface area contributed by atoms with Gasteiger partial charge in [-0.25, -0.2) is 14.5 Å². The largest absolute Gasteiger partial charge is 0.338 e. The first-order valence-electron chi connectivity index (χ1n) is 9.32. The van der Waals surface area contributed by atoms with Crippen LogP contribution in [-0.2, 0) is 13.0 Å². The molecule has 0 saturated carbocycles. The summed E-state index contributed by atoms with van der Waals surface area (Å²) >= 11 is 0. The molecule has 2 heterocycles. The normalized spacial score (nSPS) is 11.9. The lowest BCUT2D eigenvalue weighted by Crippen LogP contribution is -2.31. The van der Waals surface area contributed by atoms with Crippen molar-refractivity contribution in [3.8, 4) is 0 Å². The number of hydrogen-bond acceptors (Lipinski definition) is 3. The van der Waals surface area contributed by atoms with Gasteiger partial charge in [-0.1, -0.05) is 37.3 Å². The standard InChI is InChI=1S/C20H26N6O/c1-3-18-21-13-15-25(18)14-7-11-22-20(27)24-19-10-12-23-26(19)16(2)17-8-5-4-6-9-17/h4-6,8-10,12-13,15-16H,3,7,11,14H2,1-2H3,(H2,22,24,27)/t16-/m1/s1. The third-order valence-corrected chi connectivity index (χ3v) is 4.54. The van der Waals surface area contributed by atoms with Gasteiger partial charge in [-0.15, -0.1) is 0 Å². The zero-order valence-electron chi connectivity index (χ0n) is 15.8. The van der Waals surface area contributed by atoms with Crippen LogP contribution in [-0.4, -0.2) is 31.9 Å². The predicted octanol–water partition coefficient (Wildman–Crippen LogP) is 3.46. The van der Waals surface area contributed by atoms with Gasteiger partial charge in [-0.3, -0.25) is 5.32 Å². The molecule has 7 heteroatoms. The number of urea groups is 1. The van der Waals surface area contributed by atoms with Crippen molar-refractivity contribution in [3.63, 3.8) is 0 Å². The minimum atomic E-state index is -0.224. The lowest BCUT2D eigenvalue weighted by Gasteiger charge is -2.16. The Morgan fingerprint density at radius 1 is 1.19 bits per heavy atom. The predicted molar refractivity (Wildman–Crippen MR) is 106 cm³/mol. The van der Waals surface area contributed by atoms with E-state index in [1.807, 2.05) is 35.3 Å². The number of nitrogens with one attached hydrogen (secondary N) is 2. The Hall–Kier alpha value is -3.09. The number of hydrogen-bond donors (Lipinski definition) is 2. The van der Waals surface area contributed by atoms with Crippen molar-refractivity contribution in [1.82, 2.24) is 24.6 Å². The third-order valence-electron chi connectivity index (χ3n) is 4.54. The monoisotopic (exact) mass is 366 g/mol. The number of benzene rings is 1. The van der Waals surface area contributed by atoms with E-state index >= 15 is 0 Å². The molecule has 0 aliphatic rings. The number of nitrogens with zero attached hydrogens (tertiary/aromatic N) is 4. The molecule has 0 radical (unpaired) electrons. The van der Waals surface area contributed by atoms with Gasteiger partial charge in [-0.2, -0.15) is 5.10 Å². The van der Waals surface area contributed by atoms with Crippen molar-refractivity contribution in [3.05, 3.63) is 66.4 Å². The van der Waals surface area contributed by atoms with Crippen LogP contribution in [0.3, 0.4) is 0 Å². The molecule has 1 aromatic carbocycles. The van der Waals surface area contributed by atoms with Gasteiger partial charge >= 0.3 is 6.03 Å². The van der Waals surface area contributed by atoms with Crippen LogP contribution in [0.15, 0.2) is 55.0 Å². The zero-order chi connectivity index (χ0) is 19.1. The average Bonchev–Trinajstić information content (AvgIpc) is 3.34. The molecule has 0 unspecified atom stereocenters. The van der Waals surface area contributed by atoms with Crippen LogP contribution in [0.4, 0.5) is 10.6 Å². The first-order valence-corrected chi connectivity index (χ1v) is 9.32. The highest BCUT2D eigenvalue weighted by Gasteiger charge is 2.13. The summed E-state index contributed by atoms with van der Waals surface area (Å²) in [7, 11) is 0. The fourth-order valence-electron chi connectivity index (χ4n) is 3.06. The quantitative estimate of drug-likeness (QED) is 0.599. The molecule has 27 heavy (non-hydrogen) atoms. The Morgan fingerprint density at radius 3 is 2.78 bits per heavy atom. The topological polar surface area (TPSA) is 76.8 Å². The number of anilines is 1. The van der Waals surface area contributed by atoms with Crippen molar-refractivity contribution in [2.24, 2.45) is 0 Å². The van der Waals surface area contributed by atoms with Crippen LogP contribution in [0.5, 0.6) is 0 Å². The summed E-state index contributed by atoms with van der Waals surface area (Å²) in [6.07, 6.45) is 7.23. The van der Waals surface area contributed by atoms with Gasteiger partial charge in [0, 0.05) is 38.0 Å². The summed E-state index contributed by atoms with van der Waals surface area (Å²) in [5.41, 5.74) is 1.14. The molecule has 0 saturated heterocycles. The van der Waals surface area contributed by atoms with Gasteiger partial charge in [0.1, 0.15) is 11.6 Å². The minimum absolute atomic E-state index is 0.0326. The molecule has 3 aromatic rings. The molecular formula is C20H26N6O. The smallest absolute Gasteiger partial charge is 0.320 e. The SMILES string of the molecule is CCc1nccn1CCCNC(=O)Nc1ccnn1[C@H](C)c1ccccc1. The molecule has 2 aromatic heterocycles. The number of carbonyl (C=O) groups excluding carboxylic acids is 1. The summed E-state index contributed by atoms with van der Waals surface area (Å²) in [6, 6.07) is 11.7. The molecule has 7 nitrogen and oxygen atoms in total. The molecule has 0 fully saturated rings. The summed E-state index contributed by atoms with van der Waals surface area (Å²) < 4.78 is 3.93. The van der Waals surface area contributed by atoms with Crippen LogP contribution in [0.2, 0.25) is 0 Å². The van der Waals surface area contributed by atoms with Crippen molar-refractivity contribution < 1.29 is 4.79 Å². The van der Waals surface area contributed by atoms with Crippen LogP contribution >= 0.6 is 0 Å². The Labute approximate surface area is 159 Å². The number of carbonyl (C=O) groups is 1. The van der Waals surface area contributed by atoms with Gasteiger partial charge < -0.3 is 9.88 Å². The molecule has 0 aliphatic carbocycles. The molecule has 3 rings (SSSR count). The van der Waals surface area contributed by atoms with E-state index in [-0.39, 0.29) is 12.1 Å². The van der Waals surface area contributed by atoms with Gasteiger partial charge in [-0.05, 0) is 18.9 Å². The average molecular weight is 366 g/mol. The molecule has 2 N–H and O–H groups in total. The summed E-state index contributed by atoms with van der Waals surface area (Å²) in [5, 5.41) is 10.1. The molecule has 1 atom stereocenters. The van der Waals surface area contributed by atoms with E-state index < -0.39 is 0 Å². The van der Waals surface area contributed by atoms with Crippen molar-refractivity contribution in [2.45, 2.75) is 39.3 Å². The molecule has 0 bridgehead atoms. The maximum atomic E-state index is 12.2. The second-order valence-corrected chi connectivity index (χ2v) is 6.37. The molecule has 142 valence electrons. The molecular weight excluding hydrogens is 340 g/mol. The summed E-state index contributed by atoms with van der Waals surface area (Å²) in [4.78, 5) is 16.5. The first-order chi connectivity index (χ1) is 13.2. The highest BCUT2D eigenvalue weighted by Crippen LogP contribution is 2.21. The number of aromatic nitrogens is 4. The zero-order valence-corrected chi connectivity index (χ0v) is 15.8. The lowest BCUT2D eigenvalue weighted by molar-refractivity contribution is 0.251. The van der Waals surface area contributed by atoms with E-state index in [4.69, 9.17) is 0 Å². The molecule has 0 spiro atoms. The Kier molecular flexibility index (Phi) is 6.25. The maximum absolute atomic E-state index is 12.2. The van der Waals surface area contributed by atoms with Gasteiger partial charge in [0.25, 0.3) is 0 Å². The number of rotatable bonds is 8. The van der Waals surface area contributed by atoms with Crippen molar-refractivity contribution >= 4 is 11.8 Å². The number of aryl methyl sites for hydroxylation is 2. The van der Waals surface area contributed by atoms with Gasteiger partial charge in [0.15, 0.2) is 0 Å². The summed E-state index contributed by atoms with van der Waals surface area (Å²) in [6.45, 7) is 5.58. The van der Waals surface area contributed by atoms with E-state index in [0.717, 1.165) is 30.8 Å². The third kappa shape index (κ3) is 4.75. The second kappa shape index (κ2) is 9.02. The Balaban J connectivity index is 1.49. The van der Waals surface area contributed by atoms with Crippen LogP contribution in [0.1, 0.15) is 37.7 Å². The number of amides is 2. The number of imidazole rings is 1.